The number of benzene rings is 1. The van der Waals surface area contributed by atoms with E-state index in [1.165, 1.54) is 6.42 Å². The van der Waals surface area contributed by atoms with Crippen LogP contribution in [-0.2, 0) is 19.1 Å². The highest BCUT2D eigenvalue weighted by atomic mass is 32.2. The van der Waals surface area contributed by atoms with Gasteiger partial charge in [-0.2, -0.15) is 0 Å². The van der Waals surface area contributed by atoms with Crippen LogP contribution >= 0.6 is 8.81 Å². The molecule has 1 aliphatic heterocycles. The van der Waals surface area contributed by atoms with Crippen LogP contribution in [0.5, 0.6) is 0 Å². The minimum atomic E-state index is -3.31. The number of aliphatic hydroxyl groups excluding tert-OH is 1. The van der Waals surface area contributed by atoms with Gasteiger partial charge < -0.3 is 14.4 Å². The fourth-order valence-electron chi connectivity index (χ4n) is 6.45. The molecule has 38 heavy (non-hydrogen) atoms. The van der Waals surface area contributed by atoms with Gasteiger partial charge in [-0.05, 0) is 106 Å². The predicted molar refractivity (Wildman–Crippen MR) is 159 cm³/mol. The number of hydrogen-bond donors (Lipinski definition) is 1. The molecule has 1 aromatic rings. The fraction of sp³-hybridized carbons (Fsp3) is 0.742. The summed E-state index contributed by atoms with van der Waals surface area (Å²) in [4.78, 5) is 0.401. The fourth-order valence-corrected chi connectivity index (χ4v) is 8.56. The molecule has 1 aromatic carbocycles. The number of ether oxygens (including phenoxy) is 1. The summed E-state index contributed by atoms with van der Waals surface area (Å²) in [6, 6.07) is 8.75. The molecule has 0 amide bonds. The van der Waals surface area contributed by atoms with Crippen LogP contribution in [0.2, 0.25) is 0 Å². The Bertz CT molecular complexity index is 937. The first-order valence-corrected chi connectivity index (χ1v) is 17.8. The highest BCUT2D eigenvalue weighted by Gasteiger charge is 2.34. The maximum Gasteiger partial charge on any atom is 0.178 e. The van der Waals surface area contributed by atoms with Crippen LogP contribution in [0.3, 0.4) is 0 Å². The number of hydrogen-bond acceptors (Lipinski definition) is 5. The van der Waals surface area contributed by atoms with E-state index in [0.29, 0.717) is 38.2 Å². The van der Waals surface area contributed by atoms with Gasteiger partial charge in [0.25, 0.3) is 0 Å². The van der Waals surface area contributed by atoms with Crippen LogP contribution in [0, 0.1) is 23.7 Å². The zero-order valence-electron chi connectivity index (χ0n) is 23.8. The second kappa shape index (κ2) is 15.9. The van der Waals surface area contributed by atoms with Crippen molar-refractivity contribution in [2.45, 2.75) is 108 Å². The molecule has 2 aliphatic rings. The van der Waals surface area contributed by atoms with Crippen molar-refractivity contribution >= 4 is 18.6 Å². The van der Waals surface area contributed by atoms with Crippen LogP contribution in [-0.4, -0.2) is 50.9 Å². The Balaban J connectivity index is 1.38. The normalized spacial score (nSPS) is 26.6. The van der Waals surface area contributed by atoms with Crippen LogP contribution in [0.1, 0.15) is 84.5 Å². The van der Waals surface area contributed by atoms with Gasteiger partial charge in [0.05, 0.1) is 35.6 Å². The van der Waals surface area contributed by atoms with Gasteiger partial charge in [-0.15, -0.1) is 0 Å². The van der Waals surface area contributed by atoms with Gasteiger partial charge in [0.15, 0.2) is 9.84 Å². The highest BCUT2D eigenvalue weighted by molar-refractivity contribution is 7.91. The zero-order chi connectivity index (χ0) is 27.5. The summed E-state index contributed by atoms with van der Waals surface area (Å²) < 4.78 is 37.6. The third-order valence-electron chi connectivity index (χ3n) is 8.79. The monoisotopic (exact) mass is 566 g/mol. The molecule has 1 heterocycles. The Morgan fingerprint density at radius 2 is 1.79 bits per heavy atom. The molecule has 3 rings (SSSR count). The van der Waals surface area contributed by atoms with E-state index in [9.17, 15) is 13.5 Å². The average Bonchev–Trinajstić information content (AvgIpc) is 3.54. The lowest BCUT2D eigenvalue weighted by Gasteiger charge is -2.27. The van der Waals surface area contributed by atoms with Gasteiger partial charge in [0.1, 0.15) is 0 Å². The molecular weight excluding hydrogens is 515 g/mol. The Morgan fingerprint density at radius 1 is 1.11 bits per heavy atom. The summed E-state index contributed by atoms with van der Waals surface area (Å²) in [6.07, 6.45) is 11.5. The Labute approximate surface area is 234 Å². The molecule has 8 atom stereocenters. The van der Waals surface area contributed by atoms with Gasteiger partial charge in [0, 0.05) is 8.81 Å². The summed E-state index contributed by atoms with van der Waals surface area (Å²) in [5, 5.41) is 11.1. The number of rotatable bonds is 17. The van der Waals surface area contributed by atoms with Gasteiger partial charge in [-0.3, -0.25) is 0 Å². The van der Waals surface area contributed by atoms with E-state index >= 15 is 0 Å². The molecule has 0 bridgehead atoms. The molecule has 3 unspecified atom stereocenters. The molecule has 216 valence electrons. The first-order valence-electron chi connectivity index (χ1n) is 14.8. The molecular formula is C31H51O5PS. The molecule has 7 heteroatoms. The summed E-state index contributed by atoms with van der Waals surface area (Å²) in [7, 11) is -2.74. The molecule has 0 aromatic heterocycles. The standard InChI is InChI=1S/C31H51O5PS/c1-23(15-16-29-18-17-28(36-29)12-9-19-35-37-4)20-24(2)25(3)31(32)21-26-10-8-11-27(26)22-38(33,34)30-13-6-5-7-14-30/h5-7,13-14,23-24,26-29,31-32,37H,3,8-12,15-22H2,1-2,4H3/t23-,24+,26-,27-,28?,29-,31?/m0/s1. The van der Waals surface area contributed by atoms with E-state index in [1.54, 1.807) is 24.3 Å². The van der Waals surface area contributed by atoms with Crippen molar-refractivity contribution < 1.29 is 22.8 Å². The largest absolute Gasteiger partial charge is 0.389 e. The van der Waals surface area contributed by atoms with Crippen molar-refractivity contribution in [3.05, 3.63) is 42.5 Å². The van der Waals surface area contributed by atoms with Crippen LogP contribution in [0.15, 0.2) is 47.4 Å². The quantitative estimate of drug-likeness (QED) is 0.123. The van der Waals surface area contributed by atoms with Gasteiger partial charge in [-0.25, -0.2) is 8.42 Å². The Kier molecular flexibility index (Phi) is 13.3. The minimum absolute atomic E-state index is 0.103. The zero-order valence-corrected chi connectivity index (χ0v) is 25.6. The first-order chi connectivity index (χ1) is 18.2. The van der Waals surface area contributed by atoms with Gasteiger partial charge >= 0.3 is 0 Å². The number of aliphatic hydroxyl groups is 1. The van der Waals surface area contributed by atoms with E-state index in [4.69, 9.17) is 9.26 Å². The lowest BCUT2D eigenvalue weighted by molar-refractivity contribution is 0.0301. The third-order valence-corrected chi connectivity index (χ3v) is 11.1. The van der Waals surface area contributed by atoms with Gasteiger partial charge in [-0.1, -0.05) is 51.5 Å². The molecule has 0 radical (unpaired) electrons. The van der Waals surface area contributed by atoms with E-state index in [1.807, 2.05) is 6.07 Å². The maximum atomic E-state index is 12.9. The minimum Gasteiger partial charge on any atom is -0.389 e. The van der Waals surface area contributed by atoms with Gasteiger partial charge in [0.2, 0.25) is 0 Å². The van der Waals surface area contributed by atoms with E-state index in [2.05, 4.69) is 27.1 Å². The Hall–Kier alpha value is -0.780. The summed E-state index contributed by atoms with van der Waals surface area (Å²) >= 11 is 0. The molecule has 0 spiro atoms. The number of sulfone groups is 1. The Morgan fingerprint density at radius 3 is 2.50 bits per heavy atom. The lowest BCUT2D eigenvalue weighted by Crippen LogP contribution is -2.26. The second-order valence-corrected chi connectivity index (χ2v) is 14.6. The van der Waals surface area contributed by atoms with Crippen LogP contribution in [0.4, 0.5) is 0 Å². The molecule has 1 N–H and O–H groups in total. The topological polar surface area (TPSA) is 72.8 Å². The van der Waals surface area contributed by atoms with E-state index in [-0.39, 0.29) is 23.5 Å². The maximum absolute atomic E-state index is 12.9. The summed E-state index contributed by atoms with van der Waals surface area (Å²) in [5.41, 5.74) is 0.903. The van der Waals surface area contributed by atoms with E-state index < -0.39 is 15.9 Å². The molecule has 1 saturated heterocycles. The molecule has 5 nitrogen and oxygen atoms in total. The molecule has 2 fully saturated rings. The SMILES string of the molecule is C=C(C(O)C[C@@H]1CCC[C@H]1CS(=O)(=O)c1ccccc1)[C@H](C)C[C@@H](C)CC[C@H]1CCC(CCCOPC)O1. The van der Waals surface area contributed by atoms with Crippen molar-refractivity contribution in [2.24, 2.45) is 23.7 Å². The second-order valence-electron chi connectivity index (χ2n) is 11.8. The van der Waals surface area contributed by atoms with Crippen molar-refractivity contribution in [3.63, 3.8) is 0 Å². The molecule has 1 aliphatic carbocycles. The predicted octanol–water partition coefficient (Wildman–Crippen LogP) is 7.19. The molecule has 1 saturated carbocycles. The first kappa shape index (κ1) is 31.7. The van der Waals surface area contributed by atoms with Crippen molar-refractivity contribution in [1.29, 1.82) is 0 Å². The van der Waals surface area contributed by atoms with Crippen molar-refractivity contribution in [2.75, 3.05) is 19.0 Å². The average molecular weight is 567 g/mol. The summed E-state index contributed by atoms with van der Waals surface area (Å²) in [5.74, 6) is 1.29. The van der Waals surface area contributed by atoms with Crippen molar-refractivity contribution in [1.82, 2.24) is 0 Å². The lowest BCUT2D eigenvalue weighted by atomic mass is 9.82. The third kappa shape index (κ3) is 10.0. The highest BCUT2D eigenvalue weighted by Crippen LogP contribution is 2.39. The van der Waals surface area contributed by atoms with Crippen LogP contribution < -0.4 is 0 Å². The summed E-state index contributed by atoms with van der Waals surface area (Å²) in [6.45, 7) is 11.7. The van der Waals surface area contributed by atoms with Crippen molar-refractivity contribution in [3.8, 4) is 0 Å². The van der Waals surface area contributed by atoms with E-state index in [0.717, 1.165) is 70.0 Å². The van der Waals surface area contributed by atoms with Crippen LogP contribution in [0.25, 0.3) is 0 Å². The smallest absolute Gasteiger partial charge is 0.178 e.